The molecule has 1 aromatic heterocycles. The predicted molar refractivity (Wildman–Crippen MR) is 86.9 cm³/mol. The van der Waals surface area contributed by atoms with Gasteiger partial charge in [-0.25, -0.2) is 0 Å². The molecule has 0 saturated heterocycles. The Labute approximate surface area is 130 Å². The van der Waals surface area contributed by atoms with E-state index >= 15 is 0 Å². The number of carbonyl (C=O) groups is 1. The first-order valence-corrected chi connectivity index (χ1v) is 7.19. The van der Waals surface area contributed by atoms with Gasteiger partial charge >= 0.3 is 0 Å². The van der Waals surface area contributed by atoms with Gasteiger partial charge < -0.3 is 15.0 Å². The number of ether oxygens (including phenoxy) is 1. The van der Waals surface area contributed by atoms with E-state index in [1.807, 2.05) is 36.5 Å². The van der Waals surface area contributed by atoms with Crippen LogP contribution in [0.2, 0.25) is 0 Å². The lowest BCUT2D eigenvalue weighted by molar-refractivity contribution is 0.102. The van der Waals surface area contributed by atoms with E-state index in [0.717, 1.165) is 15.4 Å². The van der Waals surface area contributed by atoms with Gasteiger partial charge in [0.1, 0.15) is 5.75 Å². The smallest absolute Gasteiger partial charge is 0.257 e. The van der Waals surface area contributed by atoms with Gasteiger partial charge in [-0.2, -0.15) is 0 Å². The van der Waals surface area contributed by atoms with Gasteiger partial charge in [0.15, 0.2) is 0 Å². The number of nitrogens with one attached hydrogen (secondary N) is 2. The molecule has 0 radical (unpaired) electrons. The third-order valence-electron chi connectivity index (χ3n) is 3.24. The zero-order valence-electron chi connectivity index (χ0n) is 11.3. The molecule has 0 unspecified atom stereocenters. The summed E-state index contributed by atoms with van der Waals surface area (Å²) in [6, 6.07) is 13.0. The molecular formula is C16H13BrN2O2. The maximum Gasteiger partial charge on any atom is 0.257 e. The Balaban J connectivity index is 1.97. The maximum absolute atomic E-state index is 12.5. The lowest BCUT2D eigenvalue weighted by atomic mass is 10.1. The Kier molecular flexibility index (Phi) is 3.66. The molecule has 0 aliphatic carbocycles. The van der Waals surface area contributed by atoms with Gasteiger partial charge in [0, 0.05) is 16.1 Å². The molecule has 2 N–H and O–H groups in total. The first-order chi connectivity index (χ1) is 10.2. The minimum absolute atomic E-state index is 0.181. The van der Waals surface area contributed by atoms with Crippen molar-refractivity contribution >= 4 is 38.4 Å². The van der Waals surface area contributed by atoms with Gasteiger partial charge in [-0.1, -0.05) is 28.1 Å². The number of fused-ring (bicyclic) bond motifs is 1. The monoisotopic (exact) mass is 344 g/mol. The van der Waals surface area contributed by atoms with Crippen molar-refractivity contribution in [1.29, 1.82) is 0 Å². The Bertz CT molecular complexity index is 811. The third-order valence-corrected chi connectivity index (χ3v) is 3.73. The van der Waals surface area contributed by atoms with Crippen LogP contribution < -0.4 is 10.1 Å². The lowest BCUT2D eigenvalue weighted by Crippen LogP contribution is -2.13. The van der Waals surface area contributed by atoms with E-state index in [9.17, 15) is 4.79 Å². The van der Waals surface area contributed by atoms with Gasteiger partial charge in [-0.3, -0.25) is 4.79 Å². The summed E-state index contributed by atoms with van der Waals surface area (Å²) in [4.78, 5) is 15.6. The topological polar surface area (TPSA) is 54.1 Å². The van der Waals surface area contributed by atoms with Crippen LogP contribution in [0.5, 0.6) is 5.75 Å². The fourth-order valence-corrected chi connectivity index (χ4v) is 2.60. The number of carbonyl (C=O) groups excluding carboxylic acids is 1. The summed E-state index contributed by atoms with van der Waals surface area (Å²) >= 11 is 3.39. The molecule has 2 aromatic carbocycles. The largest absolute Gasteiger partial charge is 0.495 e. The second-order valence-electron chi connectivity index (χ2n) is 4.55. The van der Waals surface area contributed by atoms with E-state index in [0.29, 0.717) is 17.0 Å². The maximum atomic E-state index is 12.5. The second-order valence-corrected chi connectivity index (χ2v) is 5.46. The fraction of sp³-hybridized carbons (Fsp3) is 0.0625. The average molecular weight is 345 g/mol. The first kappa shape index (κ1) is 13.7. The van der Waals surface area contributed by atoms with Crippen LogP contribution in [-0.4, -0.2) is 18.0 Å². The number of methoxy groups -OCH3 is 1. The van der Waals surface area contributed by atoms with Crippen LogP contribution in [-0.2, 0) is 0 Å². The highest BCUT2D eigenvalue weighted by Gasteiger charge is 2.13. The molecule has 5 heteroatoms. The predicted octanol–water partition coefficient (Wildman–Crippen LogP) is 4.19. The van der Waals surface area contributed by atoms with E-state index in [2.05, 4.69) is 26.2 Å². The highest BCUT2D eigenvalue weighted by Crippen LogP contribution is 2.29. The number of hydrogen-bond donors (Lipinski definition) is 2. The van der Waals surface area contributed by atoms with Gasteiger partial charge in [-0.15, -0.1) is 0 Å². The molecule has 4 nitrogen and oxygen atoms in total. The number of anilines is 1. The number of hydrogen-bond acceptors (Lipinski definition) is 2. The fourth-order valence-electron chi connectivity index (χ4n) is 2.24. The van der Waals surface area contributed by atoms with Gasteiger partial charge in [0.2, 0.25) is 0 Å². The van der Waals surface area contributed by atoms with Crippen molar-refractivity contribution in [3.05, 3.63) is 58.7 Å². The highest BCUT2D eigenvalue weighted by atomic mass is 79.9. The Hall–Kier alpha value is -2.27. The summed E-state index contributed by atoms with van der Waals surface area (Å²) in [6.45, 7) is 0. The standard InChI is InChI=1S/C16H13BrN2O2/c1-21-14-6-5-11(17)9-13(14)19-16(20)12-4-2-3-10-7-8-18-15(10)12/h2-9,18H,1H3,(H,19,20). The number of H-pyrrole nitrogens is 1. The van der Waals surface area contributed by atoms with Crippen molar-refractivity contribution in [1.82, 2.24) is 4.98 Å². The van der Waals surface area contributed by atoms with Crippen LogP contribution in [0.3, 0.4) is 0 Å². The SMILES string of the molecule is COc1ccc(Br)cc1NC(=O)c1cccc2cc[nH]c12. The summed E-state index contributed by atoms with van der Waals surface area (Å²) in [5, 5.41) is 3.89. The number of aromatic amines is 1. The third kappa shape index (κ3) is 2.64. The van der Waals surface area contributed by atoms with E-state index in [4.69, 9.17) is 4.74 Å². The zero-order valence-corrected chi connectivity index (χ0v) is 12.9. The van der Waals surface area contributed by atoms with Crippen LogP contribution >= 0.6 is 15.9 Å². The molecule has 106 valence electrons. The number of aromatic nitrogens is 1. The summed E-state index contributed by atoms with van der Waals surface area (Å²) in [5.41, 5.74) is 2.05. The van der Waals surface area contributed by atoms with Crippen LogP contribution in [0.4, 0.5) is 5.69 Å². The van der Waals surface area contributed by atoms with Crippen LogP contribution in [0.1, 0.15) is 10.4 Å². The number of para-hydroxylation sites is 1. The Morgan fingerprint density at radius 2 is 2.10 bits per heavy atom. The molecule has 1 heterocycles. The zero-order chi connectivity index (χ0) is 14.8. The first-order valence-electron chi connectivity index (χ1n) is 6.40. The summed E-state index contributed by atoms with van der Waals surface area (Å²) in [5.74, 6) is 0.435. The summed E-state index contributed by atoms with van der Waals surface area (Å²) < 4.78 is 6.14. The molecule has 21 heavy (non-hydrogen) atoms. The van der Waals surface area contributed by atoms with Crippen LogP contribution in [0.25, 0.3) is 10.9 Å². The van der Waals surface area contributed by atoms with Crippen LogP contribution in [0, 0.1) is 0 Å². The molecule has 3 aromatic rings. The minimum Gasteiger partial charge on any atom is -0.495 e. The molecule has 0 atom stereocenters. The van der Waals surface area contributed by atoms with Gasteiger partial charge in [0.25, 0.3) is 5.91 Å². The van der Waals surface area contributed by atoms with E-state index in [1.54, 1.807) is 19.2 Å². The molecule has 0 bridgehead atoms. The van der Waals surface area contributed by atoms with Gasteiger partial charge in [0.05, 0.1) is 23.9 Å². The van der Waals surface area contributed by atoms with E-state index < -0.39 is 0 Å². The molecule has 0 fully saturated rings. The van der Waals surface area contributed by atoms with Crippen molar-refractivity contribution in [2.75, 3.05) is 12.4 Å². The molecular weight excluding hydrogens is 332 g/mol. The van der Waals surface area contributed by atoms with Crippen molar-refractivity contribution in [3.63, 3.8) is 0 Å². The van der Waals surface area contributed by atoms with Crippen molar-refractivity contribution in [2.45, 2.75) is 0 Å². The Morgan fingerprint density at radius 1 is 1.24 bits per heavy atom. The molecule has 3 rings (SSSR count). The highest BCUT2D eigenvalue weighted by molar-refractivity contribution is 9.10. The summed E-state index contributed by atoms with van der Waals surface area (Å²) in [7, 11) is 1.57. The number of amides is 1. The van der Waals surface area contributed by atoms with Crippen molar-refractivity contribution in [3.8, 4) is 5.75 Å². The van der Waals surface area contributed by atoms with Crippen molar-refractivity contribution < 1.29 is 9.53 Å². The number of rotatable bonds is 3. The van der Waals surface area contributed by atoms with E-state index in [-0.39, 0.29) is 5.91 Å². The molecule has 0 aliphatic heterocycles. The molecule has 0 saturated carbocycles. The second kappa shape index (κ2) is 5.61. The molecule has 0 spiro atoms. The number of halogens is 1. The normalized spacial score (nSPS) is 10.6. The lowest BCUT2D eigenvalue weighted by Gasteiger charge is -2.11. The quantitative estimate of drug-likeness (QED) is 0.748. The van der Waals surface area contributed by atoms with Crippen LogP contribution in [0.15, 0.2) is 53.1 Å². The number of benzene rings is 2. The van der Waals surface area contributed by atoms with E-state index in [1.165, 1.54) is 0 Å². The minimum atomic E-state index is -0.181. The molecule has 0 aliphatic rings. The van der Waals surface area contributed by atoms with Gasteiger partial charge in [-0.05, 0) is 30.3 Å². The Morgan fingerprint density at radius 3 is 2.90 bits per heavy atom. The van der Waals surface area contributed by atoms with Crippen molar-refractivity contribution in [2.24, 2.45) is 0 Å². The summed E-state index contributed by atoms with van der Waals surface area (Å²) in [6.07, 6.45) is 1.82. The molecule has 1 amide bonds. The average Bonchev–Trinajstić information content (AvgIpc) is 2.95.